The van der Waals surface area contributed by atoms with E-state index in [-0.39, 0.29) is 17.5 Å². The molecule has 2 fully saturated rings. The van der Waals surface area contributed by atoms with Crippen molar-refractivity contribution in [1.29, 1.82) is 0 Å². The molecule has 2 aliphatic heterocycles. The number of carbonyl (C=O) groups excluding carboxylic acids is 1. The van der Waals surface area contributed by atoms with Crippen molar-refractivity contribution in [2.45, 2.75) is 51.6 Å². The van der Waals surface area contributed by atoms with Crippen LogP contribution in [0.5, 0.6) is 0 Å². The molecular formula is C14H25NO3. The summed E-state index contributed by atoms with van der Waals surface area (Å²) in [5.41, 5.74) is -0.302. The standard InChI is InChI=1S/C14H25NO3/c1-2-17-13(16)14(6-8-15-9-7-14)11-12-5-3-4-10-18-12/h12,15H,2-11H2,1H3/t12-/m1/s1. The second kappa shape index (κ2) is 6.53. The summed E-state index contributed by atoms with van der Waals surface area (Å²) in [5.74, 6) is -0.0133. The van der Waals surface area contributed by atoms with Gasteiger partial charge in [0, 0.05) is 6.61 Å². The van der Waals surface area contributed by atoms with Crippen molar-refractivity contribution >= 4 is 5.97 Å². The van der Waals surface area contributed by atoms with Gasteiger partial charge in [0.1, 0.15) is 0 Å². The van der Waals surface area contributed by atoms with Crippen LogP contribution >= 0.6 is 0 Å². The van der Waals surface area contributed by atoms with Crippen molar-refractivity contribution in [3.63, 3.8) is 0 Å². The third-order valence-corrected chi connectivity index (χ3v) is 4.16. The molecule has 0 amide bonds. The third-order valence-electron chi connectivity index (χ3n) is 4.16. The van der Waals surface area contributed by atoms with Crippen LogP contribution in [0.4, 0.5) is 0 Å². The van der Waals surface area contributed by atoms with E-state index in [9.17, 15) is 4.79 Å². The maximum absolute atomic E-state index is 12.3. The molecule has 4 heteroatoms. The summed E-state index contributed by atoms with van der Waals surface area (Å²) in [5, 5.41) is 3.33. The van der Waals surface area contributed by atoms with Gasteiger partial charge in [0.15, 0.2) is 0 Å². The minimum atomic E-state index is -0.302. The smallest absolute Gasteiger partial charge is 0.312 e. The molecule has 104 valence electrons. The fourth-order valence-corrected chi connectivity index (χ4v) is 3.09. The van der Waals surface area contributed by atoms with E-state index < -0.39 is 0 Å². The monoisotopic (exact) mass is 255 g/mol. The van der Waals surface area contributed by atoms with Crippen molar-refractivity contribution in [2.24, 2.45) is 5.41 Å². The minimum Gasteiger partial charge on any atom is -0.466 e. The molecule has 0 radical (unpaired) electrons. The normalized spacial score (nSPS) is 27.7. The molecule has 0 aliphatic carbocycles. The van der Waals surface area contributed by atoms with E-state index in [1.807, 2.05) is 6.92 Å². The van der Waals surface area contributed by atoms with Crippen LogP contribution in [0.25, 0.3) is 0 Å². The molecule has 0 aromatic carbocycles. The lowest BCUT2D eigenvalue weighted by molar-refractivity contribution is -0.161. The van der Waals surface area contributed by atoms with Crippen LogP contribution in [0.2, 0.25) is 0 Å². The van der Waals surface area contributed by atoms with Gasteiger partial charge in [-0.1, -0.05) is 0 Å². The van der Waals surface area contributed by atoms with Crippen molar-refractivity contribution in [1.82, 2.24) is 5.32 Å². The van der Waals surface area contributed by atoms with Crippen molar-refractivity contribution < 1.29 is 14.3 Å². The minimum absolute atomic E-state index is 0.0133. The van der Waals surface area contributed by atoms with E-state index in [1.165, 1.54) is 6.42 Å². The Labute approximate surface area is 109 Å². The van der Waals surface area contributed by atoms with Gasteiger partial charge < -0.3 is 14.8 Å². The topological polar surface area (TPSA) is 47.6 Å². The maximum Gasteiger partial charge on any atom is 0.312 e. The van der Waals surface area contributed by atoms with Gasteiger partial charge in [-0.15, -0.1) is 0 Å². The first-order valence-corrected chi connectivity index (χ1v) is 7.26. The molecule has 2 saturated heterocycles. The predicted molar refractivity (Wildman–Crippen MR) is 69.4 cm³/mol. The number of hydrogen-bond donors (Lipinski definition) is 1. The van der Waals surface area contributed by atoms with Crippen LogP contribution in [0.3, 0.4) is 0 Å². The summed E-state index contributed by atoms with van der Waals surface area (Å²) in [6.07, 6.45) is 6.33. The molecule has 2 heterocycles. The quantitative estimate of drug-likeness (QED) is 0.779. The number of carbonyl (C=O) groups is 1. The first kappa shape index (κ1) is 13.8. The van der Waals surface area contributed by atoms with Crippen LogP contribution < -0.4 is 5.32 Å². The van der Waals surface area contributed by atoms with Gasteiger partial charge in [0.2, 0.25) is 0 Å². The van der Waals surface area contributed by atoms with Gasteiger partial charge in [-0.05, 0) is 58.5 Å². The zero-order valence-corrected chi connectivity index (χ0v) is 11.4. The SMILES string of the molecule is CCOC(=O)C1(C[C@H]2CCCCO2)CCNCC1. The Hall–Kier alpha value is -0.610. The van der Waals surface area contributed by atoms with E-state index in [4.69, 9.17) is 9.47 Å². The lowest BCUT2D eigenvalue weighted by atomic mass is 9.73. The summed E-state index contributed by atoms with van der Waals surface area (Å²) in [6.45, 7) is 5.02. The highest BCUT2D eigenvalue weighted by atomic mass is 16.5. The van der Waals surface area contributed by atoms with E-state index in [0.717, 1.165) is 51.8 Å². The summed E-state index contributed by atoms with van der Waals surface area (Å²) in [6, 6.07) is 0. The maximum atomic E-state index is 12.3. The molecule has 0 aromatic heterocycles. The van der Waals surface area contributed by atoms with E-state index in [0.29, 0.717) is 6.61 Å². The number of ether oxygens (including phenoxy) is 2. The summed E-state index contributed by atoms with van der Waals surface area (Å²) in [7, 11) is 0. The molecule has 4 nitrogen and oxygen atoms in total. The molecule has 2 aliphatic rings. The lowest BCUT2D eigenvalue weighted by Gasteiger charge is -2.38. The fourth-order valence-electron chi connectivity index (χ4n) is 3.09. The summed E-state index contributed by atoms with van der Waals surface area (Å²) < 4.78 is 11.1. The van der Waals surface area contributed by atoms with E-state index in [2.05, 4.69) is 5.32 Å². The molecule has 1 N–H and O–H groups in total. The van der Waals surface area contributed by atoms with Crippen LogP contribution in [-0.4, -0.2) is 38.4 Å². The zero-order valence-electron chi connectivity index (χ0n) is 11.4. The van der Waals surface area contributed by atoms with Crippen molar-refractivity contribution in [2.75, 3.05) is 26.3 Å². The largest absolute Gasteiger partial charge is 0.466 e. The molecule has 0 saturated carbocycles. The zero-order chi connectivity index (χ0) is 12.8. The number of nitrogens with one attached hydrogen (secondary N) is 1. The van der Waals surface area contributed by atoms with E-state index in [1.54, 1.807) is 0 Å². The average Bonchev–Trinajstić information content (AvgIpc) is 2.41. The van der Waals surface area contributed by atoms with Gasteiger partial charge in [-0.2, -0.15) is 0 Å². The van der Waals surface area contributed by atoms with Gasteiger partial charge in [-0.25, -0.2) is 0 Å². The first-order valence-electron chi connectivity index (χ1n) is 7.26. The highest BCUT2D eigenvalue weighted by molar-refractivity contribution is 5.77. The highest BCUT2D eigenvalue weighted by Crippen LogP contribution is 2.38. The Balaban J connectivity index is 2.00. The Morgan fingerprint density at radius 3 is 2.78 bits per heavy atom. The predicted octanol–water partition coefficient (Wildman–Crippen LogP) is 1.88. The van der Waals surface area contributed by atoms with Crippen LogP contribution in [0.1, 0.15) is 45.4 Å². The highest BCUT2D eigenvalue weighted by Gasteiger charge is 2.43. The molecule has 0 unspecified atom stereocenters. The Bertz CT molecular complexity index is 268. The van der Waals surface area contributed by atoms with Gasteiger partial charge in [0.25, 0.3) is 0 Å². The Morgan fingerprint density at radius 1 is 1.39 bits per heavy atom. The van der Waals surface area contributed by atoms with Crippen LogP contribution in [0, 0.1) is 5.41 Å². The van der Waals surface area contributed by atoms with Gasteiger partial charge in [-0.3, -0.25) is 4.79 Å². The second-order valence-electron chi connectivity index (χ2n) is 5.44. The molecule has 1 atom stereocenters. The molecule has 18 heavy (non-hydrogen) atoms. The summed E-state index contributed by atoms with van der Waals surface area (Å²) >= 11 is 0. The Kier molecular flexibility index (Phi) is 5.01. The molecule has 0 aromatic rings. The third kappa shape index (κ3) is 3.23. The molecular weight excluding hydrogens is 230 g/mol. The van der Waals surface area contributed by atoms with Gasteiger partial charge in [0.05, 0.1) is 18.1 Å². The summed E-state index contributed by atoms with van der Waals surface area (Å²) in [4.78, 5) is 12.3. The average molecular weight is 255 g/mol. The second-order valence-corrected chi connectivity index (χ2v) is 5.44. The first-order chi connectivity index (χ1) is 8.77. The van der Waals surface area contributed by atoms with Gasteiger partial charge >= 0.3 is 5.97 Å². The molecule has 0 spiro atoms. The molecule has 0 bridgehead atoms. The lowest BCUT2D eigenvalue weighted by Crippen LogP contribution is -2.45. The number of esters is 1. The molecule has 2 rings (SSSR count). The van der Waals surface area contributed by atoms with Crippen molar-refractivity contribution in [3.8, 4) is 0 Å². The fraction of sp³-hybridized carbons (Fsp3) is 0.929. The van der Waals surface area contributed by atoms with Crippen LogP contribution in [-0.2, 0) is 14.3 Å². The number of piperidine rings is 1. The van der Waals surface area contributed by atoms with Crippen LogP contribution in [0.15, 0.2) is 0 Å². The number of rotatable bonds is 4. The Morgan fingerprint density at radius 2 is 2.17 bits per heavy atom. The van der Waals surface area contributed by atoms with E-state index >= 15 is 0 Å². The number of hydrogen-bond acceptors (Lipinski definition) is 4. The van der Waals surface area contributed by atoms with Crippen molar-refractivity contribution in [3.05, 3.63) is 0 Å².